The van der Waals surface area contributed by atoms with E-state index >= 15 is 0 Å². The van der Waals surface area contributed by atoms with E-state index in [2.05, 4.69) is 6.58 Å². The third-order valence-corrected chi connectivity index (χ3v) is 1.70. The zero-order valence-corrected chi connectivity index (χ0v) is 7.62. The van der Waals surface area contributed by atoms with Crippen LogP contribution in [0, 0.1) is 6.92 Å². The molecule has 0 radical (unpaired) electrons. The lowest BCUT2D eigenvalue weighted by Gasteiger charge is -2.03. The Kier molecular flexibility index (Phi) is 3.26. The Balaban J connectivity index is 2.76. The zero-order valence-electron chi connectivity index (χ0n) is 7.62. The molecule has 1 rings (SSSR count). The van der Waals surface area contributed by atoms with Crippen LogP contribution in [0.25, 0.3) is 0 Å². The summed E-state index contributed by atoms with van der Waals surface area (Å²) in [5.41, 5.74) is 1.54. The highest BCUT2D eigenvalue weighted by atomic mass is 16.5. The van der Waals surface area contributed by atoms with Crippen LogP contribution in [0.4, 0.5) is 0 Å². The summed E-state index contributed by atoms with van der Waals surface area (Å²) in [7, 11) is 0. The number of carbonyl (C=O) groups excluding carboxylic acids is 1. The highest BCUT2D eigenvalue weighted by Crippen LogP contribution is 2.08. The Morgan fingerprint density at radius 3 is 2.85 bits per heavy atom. The summed E-state index contributed by atoms with van der Waals surface area (Å²) in [4.78, 5) is 11.4. The summed E-state index contributed by atoms with van der Waals surface area (Å²) >= 11 is 0. The number of aryl methyl sites for hydroxylation is 1. The molecule has 0 fully saturated rings. The van der Waals surface area contributed by atoms with Gasteiger partial charge in [0.05, 0.1) is 5.56 Å². The van der Waals surface area contributed by atoms with Gasteiger partial charge in [-0.2, -0.15) is 0 Å². The van der Waals surface area contributed by atoms with Crippen LogP contribution in [0.3, 0.4) is 0 Å². The van der Waals surface area contributed by atoms with E-state index in [1.165, 1.54) is 0 Å². The maximum Gasteiger partial charge on any atom is 0.338 e. The number of rotatable bonds is 3. The van der Waals surface area contributed by atoms with Gasteiger partial charge in [0.15, 0.2) is 0 Å². The van der Waals surface area contributed by atoms with Gasteiger partial charge in [-0.1, -0.05) is 30.9 Å². The first-order valence-corrected chi connectivity index (χ1v) is 4.09. The third kappa shape index (κ3) is 2.44. The molecule has 1 aromatic rings. The summed E-state index contributed by atoms with van der Waals surface area (Å²) in [5, 5.41) is 0. The monoisotopic (exact) mass is 176 g/mol. The van der Waals surface area contributed by atoms with Gasteiger partial charge in [0.1, 0.15) is 6.61 Å². The predicted octanol–water partition coefficient (Wildman–Crippen LogP) is 2.34. The Morgan fingerprint density at radius 2 is 2.23 bits per heavy atom. The van der Waals surface area contributed by atoms with Gasteiger partial charge in [0, 0.05) is 0 Å². The van der Waals surface area contributed by atoms with Crippen molar-refractivity contribution in [3.63, 3.8) is 0 Å². The van der Waals surface area contributed by atoms with Crippen molar-refractivity contribution in [3.8, 4) is 0 Å². The van der Waals surface area contributed by atoms with E-state index in [0.717, 1.165) is 5.56 Å². The zero-order chi connectivity index (χ0) is 9.68. The molecule has 0 saturated carbocycles. The number of hydrogen-bond acceptors (Lipinski definition) is 2. The van der Waals surface area contributed by atoms with E-state index in [1.807, 2.05) is 25.1 Å². The molecule has 0 heterocycles. The first-order chi connectivity index (χ1) is 6.25. The predicted molar refractivity (Wildman–Crippen MR) is 51.7 cm³/mol. The summed E-state index contributed by atoms with van der Waals surface area (Å²) < 4.78 is 4.90. The second kappa shape index (κ2) is 4.45. The smallest absolute Gasteiger partial charge is 0.338 e. The quantitative estimate of drug-likeness (QED) is 0.522. The van der Waals surface area contributed by atoms with Crippen LogP contribution < -0.4 is 0 Å². The lowest BCUT2D eigenvalue weighted by molar-refractivity contribution is 0.0549. The standard InChI is InChI=1S/C11H12O2/c1-3-8-13-11(12)10-7-5-4-6-9(10)2/h3-7H,1,8H2,2H3. The third-order valence-electron chi connectivity index (χ3n) is 1.70. The van der Waals surface area contributed by atoms with Gasteiger partial charge in [-0.3, -0.25) is 0 Å². The first-order valence-electron chi connectivity index (χ1n) is 4.09. The molecule has 0 amide bonds. The SMILES string of the molecule is C=CCOC(=O)c1ccccc1C. The van der Waals surface area contributed by atoms with Crippen molar-refractivity contribution in [1.29, 1.82) is 0 Å². The molecule has 0 aliphatic rings. The summed E-state index contributed by atoms with van der Waals surface area (Å²) in [5.74, 6) is -0.294. The Labute approximate surface area is 77.8 Å². The van der Waals surface area contributed by atoms with Crippen molar-refractivity contribution in [2.24, 2.45) is 0 Å². The number of esters is 1. The summed E-state index contributed by atoms with van der Waals surface area (Å²) in [6.45, 7) is 5.61. The van der Waals surface area contributed by atoms with Crippen LogP contribution in [0.2, 0.25) is 0 Å². The molecule has 0 N–H and O–H groups in total. The number of benzene rings is 1. The topological polar surface area (TPSA) is 26.3 Å². The highest BCUT2D eigenvalue weighted by Gasteiger charge is 2.07. The van der Waals surface area contributed by atoms with E-state index in [9.17, 15) is 4.79 Å². The van der Waals surface area contributed by atoms with Gasteiger partial charge >= 0.3 is 5.97 Å². The Hall–Kier alpha value is -1.57. The molecule has 0 spiro atoms. The van der Waals surface area contributed by atoms with Crippen LogP contribution in [-0.2, 0) is 4.74 Å². The maximum absolute atomic E-state index is 11.4. The average Bonchev–Trinajstić information content (AvgIpc) is 2.15. The van der Waals surface area contributed by atoms with Crippen molar-refractivity contribution in [1.82, 2.24) is 0 Å². The maximum atomic E-state index is 11.4. The molecule has 0 unspecified atom stereocenters. The van der Waals surface area contributed by atoms with E-state index < -0.39 is 0 Å². The number of carbonyl (C=O) groups is 1. The fourth-order valence-corrected chi connectivity index (χ4v) is 1.01. The van der Waals surface area contributed by atoms with E-state index in [1.54, 1.807) is 12.1 Å². The highest BCUT2D eigenvalue weighted by molar-refractivity contribution is 5.90. The van der Waals surface area contributed by atoms with Gasteiger partial charge < -0.3 is 4.74 Å². The molecule has 13 heavy (non-hydrogen) atoms. The van der Waals surface area contributed by atoms with Crippen molar-refractivity contribution in [2.75, 3.05) is 6.61 Å². The second-order valence-electron chi connectivity index (χ2n) is 2.70. The minimum atomic E-state index is -0.294. The molecule has 1 aromatic carbocycles. The number of ether oxygens (including phenoxy) is 1. The summed E-state index contributed by atoms with van der Waals surface area (Å²) in [6, 6.07) is 7.34. The first kappa shape index (κ1) is 9.52. The molecule has 0 saturated heterocycles. The van der Waals surface area contributed by atoms with Crippen molar-refractivity contribution in [3.05, 3.63) is 48.0 Å². The van der Waals surface area contributed by atoms with E-state index in [0.29, 0.717) is 5.56 Å². The van der Waals surface area contributed by atoms with Gasteiger partial charge in [-0.25, -0.2) is 4.79 Å². The Morgan fingerprint density at radius 1 is 1.54 bits per heavy atom. The van der Waals surface area contributed by atoms with Crippen molar-refractivity contribution >= 4 is 5.97 Å². The lowest BCUT2D eigenvalue weighted by atomic mass is 10.1. The lowest BCUT2D eigenvalue weighted by Crippen LogP contribution is -2.06. The van der Waals surface area contributed by atoms with Crippen molar-refractivity contribution < 1.29 is 9.53 Å². The largest absolute Gasteiger partial charge is 0.458 e. The minimum Gasteiger partial charge on any atom is -0.458 e. The molecule has 0 atom stereocenters. The molecule has 68 valence electrons. The fourth-order valence-electron chi connectivity index (χ4n) is 1.01. The molecule has 0 bridgehead atoms. The van der Waals surface area contributed by atoms with Gasteiger partial charge in [-0.15, -0.1) is 0 Å². The molecule has 2 heteroatoms. The van der Waals surface area contributed by atoms with Crippen LogP contribution in [0.1, 0.15) is 15.9 Å². The fraction of sp³-hybridized carbons (Fsp3) is 0.182. The van der Waals surface area contributed by atoms with Gasteiger partial charge in [-0.05, 0) is 18.6 Å². The molecule has 0 aliphatic carbocycles. The van der Waals surface area contributed by atoms with Crippen LogP contribution >= 0.6 is 0 Å². The average molecular weight is 176 g/mol. The van der Waals surface area contributed by atoms with E-state index in [-0.39, 0.29) is 12.6 Å². The van der Waals surface area contributed by atoms with Crippen LogP contribution in [0.5, 0.6) is 0 Å². The normalized spacial score (nSPS) is 9.31. The summed E-state index contributed by atoms with van der Waals surface area (Å²) in [6.07, 6.45) is 1.55. The van der Waals surface area contributed by atoms with Gasteiger partial charge in [0.2, 0.25) is 0 Å². The van der Waals surface area contributed by atoms with Crippen LogP contribution in [-0.4, -0.2) is 12.6 Å². The molecule has 0 aliphatic heterocycles. The minimum absolute atomic E-state index is 0.257. The van der Waals surface area contributed by atoms with Crippen LogP contribution in [0.15, 0.2) is 36.9 Å². The molecule has 2 nitrogen and oxygen atoms in total. The molecule has 0 aromatic heterocycles. The molecular formula is C11H12O2. The number of hydrogen-bond donors (Lipinski definition) is 0. The molecular weight excluding hydrogens is 164 g/mol. The van der Waals surface area contributed by atoms with E-state index in [4.69, 9.17) is 4.74 Å². The Bertz CT molecular complexity index is 316. The second-order valence-corrected chi connectivity index (χ2v) is 2.70. The van der Waals surface area contributed by atoms with Crippen molar-refractivity contribution in [2.45, 2.75) is 6.92 Å². The van der Waals surface area contributed by atoms with Gasteiger partial charge in [0.25, 0.3) is 0 Å².